The zero-order valence-electron chi connectivity index (χ0n) is 9.60. The lowest BCUT2D eigenvalue weighted by atomic mass is 10.2. The molecule has 0 aliphatic heterocycles. The molecule has 1 aromatic carbocycles. The first-order valence-corrected chi connectivity index (χ1v) is 8.10. The van der Waals surface area contributed by atoms with Crippen LogP contribution in [-0.4, -0.2) is 25.2 Å². The van der Waals surface area contributed by atoms with E-state index in [0.29, 0.717) is 16.8 Å². The molecule has 0 unspecified atom stereocenters. The SMILES string of the molecule is O=C(O)c1ccc(Br)c(S(=O)(=O)CCC2CC2)c1. The van der Waals surface area contributed by atoms with Crippen molar-refractivity contribution in [3.8, 4) is 0 Å². The fourth-order valence-electron chi connectivity index (χ4n) is 1.71. The number of sulfone groups is 1. The van der Waals surface area contributed by atoms with Crippen LogP contribution in [0.15, 0.2) is 27.6 Å². The lowest BCUT2D eigenvalue weighted by Gasteiger charge is -2.07. The van der Waals surface area contributed by atoms with Crippen LogP contribution in [0.2, 0.25) is 0 Å². The Balaban J connectivity index is 2.29. The minimum atomic E-state index is -3.41. The average molecular weight is 333 g/mol. The van der Waals surface area contributed by atoms with Gasteiger partial charge in [0.05, 0.1) is 16.2 Å². The fourth-order valence-corrected chi connectivity index (χ4v) is 4.23. The molecule has 1 saturated carbocycles. The van der Waals surface area contributed by atoms with Crippen LogP contribution in [0, 0.1) is 5.92 Å². The number of benzene rings is 1. The number of carboxylic acids is 1. The van der Waals surface area contributed by atoms with E-state index in [1.165, 1.54) is 18.2 Å². The molecule has 0 atom stereocenters. The summed E-state index contributed by atoms with van der Waals surface area (Å²) in [5, 5.41) is 8.88. The Morgan fingerprint density at radius 1 is 1.39 bits per heavy atom. The minimum absolute atomic E-state index is 0.0109. The van der Waals surface area contributed by atoms with Crippen molar-refractivity contribution in [3.05, 3.63) is 28.2 Å². The van der Waals surface area contributed by atoms with E-state index in [1.54, 1.807) is 0 Å². The van der Waals surface area contributed by atoms with Crippen molar-refractivity contribution in [1.82, 2.24) is 0 Å². The highest BCUT2D eigenvalue weighted by atomic mass is 79.9. The van der Waals surface area contributed by atoms with Gasteiger partial charge in [-0.3, -0.25) is 0 Å². The Kier molecular flexibility index (Phi) is 3.77. The van der Waals surface area contributed by atoms with Crippen molar-refractivity contribution in [3.63, 3.8) is 0 Å². The Labute approximate surface area is 114 Å². The summed E-state index contributed by atoms with van der Waals surface area (Å²) in [6.07, 6.45) is 2.86. The van der Waals surface area contributed by atoms with Crippen LogP contribution in [0.5, 0.6) is 0 Å². The zero-order valence-corrected chi connectivity index (χ0v) is 12.0. The Morgan fingerprint density at radius 3 is 2.61 bits per heavy atom. The number of hydrogen-bond acceptors (Lipinski definition) is 3. The van der Waals surface area contributed by atoms with Crippen molar-refractivity contribution < 1.29 is 18.3 Å². The summed E-state index contributed by atoms with van der Waals surface area (Å²) in [7, 11) is -3.41. The number of rotatable bonds is 5. The summed E-state index contributed by atoms with van der Waals surface area (Å²) in [5.74, 6) is -0.512. The van der Waals surface area contributed by atoms with E-state index >= 15 is 0 Å². The van der Waals surface area contributed by atoms with Crippen LogP contribution >= 0.6 is 15.9 Å². The van der Waals surface area contributed by atoms with Crippen LogP contribution < -0.4 is 0 Å². The Morgan fingerprint density at radius 2 is 2.06 bits per heavy atom. The van der Waals surface area contributed by atoms with Gasteiger partial charge in [-0.25, -0.2) is 13.2 Å². The van der Waals surface area contributed by atoms with E-state index in [2.05, 4.69) is 15.9 Å². The van der Waals surface area contributed by atoms with Gasteiger partial charge in [-0.2, -0.15) is 0 Å². The third kappa shape index (κ3) is 3.11. The number of carboxylic acid groups (broad SMARTS) is 1. The normalized spacial score (nSPS) is 15.6. The van der Waals surface area contributed by atoms with Crippen LogP contribution in [-0.2, 0) is 9.84 Å². The summed E-state index contributed by atoms with van der Waals surface area (Å²) in [5.41, 5.74) is -0.0109. The first-order chi connectivity index (χ1) is 8.40. The topological polar surface area (TPSA) is 71.4 Å². The molecule has 0 spiro atoms. The van der Waals surface area contributed by atoms with E-state index in [4.69, 9.17) is 5.11 Å². The summed E-state index contributed by atoms with van der Waals surface area (Å²) >= 11 is 3.17. The molecule has 18 heavy (non-hydrogen) atoms. The zero-order chi connectivity index (χ0) is 13.3. The van der Waals surface area contributed by atoms with E-state index in [0.717, 1.165) is 12.8 Å². The maximum atomic E-state index is 12.1. The van der Waals surface area contributed by atoms with Gasteiger partial charge in [-0.15, -0.1) is 0 Å². The van der Waals surface area contributed by atoms with Crippen molar-refractivity contribution in [2.45, 2.75) is 24.2 Å². The predicted octanol–water partition coefficient (Wildman–Crippen LogP) is 2.72. The third-order valence-corrected chi connectivity index (χ3v) is 5.74. The number of hydrogen-bond donors (Lipinski definition) is 1. The van der Waals surface area contributed by atoms with Gasteiger partial charge in [0.2, 0.25) is 0 Å². The number of halogens is 1. The van der Waals surface area contributed by atoms with Crippen LogP contribution in [0.4, 0.5) is 0 Å². The molecule has 0 radical (unpaired) electrons. The largest absolute Gasteiger partial charge is 0.478 e. The third-order valence-electron chi connectivity index (χ3n) is 3.00. The van der Waals surface area contributed by atoms with Gasteiger partial charge in [0.1, 0.15) is 0 Å². The predicted molar refractivity (Wildman–Crippen MR) is 70.5 cm³/mol. The molecular formula is C12H13BrO4S. The maximum absolute atomic E-state index is 12.1. The Hall–Kier alpha value is -0.880. The van der Waals surface area contributed by atoms with Crippen LogP contribution in [0.3, 0.4) is 0 Å². The molecule has 1 aliphatic carbocycles. The summed E-state index contributed by atoms with van der Waals surface area (Å²) in [6, 6.07) is 4.06. The summed E-state index contributed by atoms with van der Waals surface area (Å²) in [4.78, 5) is 10.9. The van der Waals surface area contributed by atoms with Crippen molar-refractivity contribution >= 4 is 31.7 Å². The molecule has 0 heterocycles. The molecular weight excluding hydrogens is 320 g/mol. The lowest BCUT2D eigenvalue weighted by Crippen LogP contribution is -2.10. The molecule has 4 nitrogen and oxygen atoms in total. The van der Waals surface area contributed by atoms with Gasteiger partial charge in [-0.05, 0) is 46.5 Å². The van der Waals surface area contributed by atoms with E-state index in [-0.39, 0.29) is 16.2 Å². The molecule has 98 valence electrons. The van der Waals surface area contributed by atoms with Crippen LogP contribution in [0.25, 0.3) is 0 Å². The summed E-state index contributed by atoms with van der Waals surface area (Å²) < 4.78 is 24.7. The molecule has 0 saturated heterocycles. The van der Waals surface area contributed by atoms with Crippen molar-refractivity contribution in [2.24, 2.45) is 5.92 Å². The molecule has 6 heteroatoms. The molecule has 0 aromatic heterocycles. The van der Waals surface area contributed by atoms with Crippen molar-refractivity contribution in [1.29, 1.82) is 0 Å². The fraction of sp³-hybridized carbons (Fsp3) is 0.417. The van der Waals surface area contributed by atoms with Gasteiger partial charge in [-0.1, -0.05) is 12.8 Å². The molecule has 1 aromatic rings. The number of carbonyl (C=O) groups is 1. The summed E-state index contributed by atoms with van der Waals surface area (Å²) in [6.45, 7) is 0. The first-order valence-electron chi connectivity index (χ1n) is 5.66. The number of aromatic carboxylic acids is 1. The second-order valence-electron chi connectivity index (χ2n) is 4.50. The highest BCUT2D eigenvalue weighted by Crippen LogP contribution is 2.34. The quantitative estimate of drug-likeness (QED) is 0.899. The minimum Gasteiger partial charge on any atom is -0.478 e. The average Bonchev–Trinajstić information content (AvgIpc) is 3.10. The van der Waals surface area contributed by atoms with Gasteiger partial charge in [0, 0.05) is 4.47 Å². The Bertz CT molecular complexity index is 576. The molecule has 0 bridgehead atoms. The van der Waals surface area contributed by atoms with Gasteiger partial charge in [0.25, 0.3) is 0 Å². The van der Waals surface area contributed by atoms with E-state index < -0.39 is 15.8 Å². The van der Waals surface area contributed by atoms with Crippen molar-refractivity contribution in [2.75, 3.05) is 5.75 Å². The second-order valence-corrected chi connectivity index (χ2v) is 7.43. The molecule has 1 fully saturated rings. The van der Waals surface area contributed by atoms with E-state index in [1.807, 2.05) is 0 Å². The molecule has 0 amide bonds. The van der Waals surface area contributed by atoms with E-state index in [9.17, 15) is 13.2 Å². The molecule has 1 N–H and O–H groups in total. The smallest absolute Gasteiger partial charge is 0.335 e. The first kappa shape index (κ1) is 13.5. The second kappa shape index (κ2) is 5.01. The highest BCUT2D eigenvalue weighted by Gasteiger charge is 2.26. The maximum Gasteiger partial charge on any atom is 0.335 e. The van der Waals surface area contributed by atoms with Gasteiger partial charge < -0.3 is 5.11 Å². The highest BCUT2D eigenvalue weighted by molar-refractivity contribution is 9.10. The van der Waals surface area contributed by atoms with Gasteiger partial charge >= 0.3 is 5.97 Å². The molecule has 2 rings (SSSR count). The standard InChI is InChI=1S/C12H13BrO4S/c13-10-4-3-9(12(14)15)7-11(10)18(16,17)6-5-8-1-2-8/h3-4,7-8H,1-2,5-6H2,(H,14,15). The van der Waals surface area contributed by atoms with Crippen LogP contribution in [0.1, 0.15) is 29.6 Å². The monoisotopic (exact) mass is 332 g/mol. The van der Waals surface area contributed by atoms with Gasteiger partial charge in [0.15, 0.2) is 9.84 Å². The lowest BCUT2D eigenvalue weighted by molar-refractivity contribution is 0.0696. The molecule has 1 aliphatic rings.